The predicted octanol–water partition coefficient (Wildman–Crippen LogP) is 11.5. The summed E-state index contributed by atoms with van der Waals surface area (Å²) in [5, 5.41) is -1.44. The molecule has 50 heavy (non-hydrogen) atoms. The van der Waals surface area contributed by atoms with Gasteiger partial charge in [0, 0.05) is 50.0 Å². The lowest BCUT2D eigenvalue weighted by molar-refractivity contribution is 0.668. The van der Waals surface area contributed by atoms with Crippen LogP contribution in [0.1, 0.15) is 24.7 Å². The predicted molar refractivity (Wildman–Crippen MR) is 203 cm³/mol. The summed E-state index contributed by atoms with van der Waals surface area (Å²) in [5.74, 6) is -0.0420. The highest BCUT2D eigenvalue weighted by Gasteiger charge is 2.21. The van der Waals surface area contributed by atoms with Crippen molar-refractivity contribution in [2.45, 2.75) is 0 Å². The lowest BCUT2D eigenvalue weighted by atomic mass is 9.99. The van der Waals surface area contributed by atoms with E-state index in [4.69, 9.17) is 35.8 Å². The second-order valence-electron chi connectivity index (χ2n) is 11.1. The van der Waals surface area contributed by atoms with Crippen LogP contribution in [0.3, 0.4) is 0 Å². The highest BCUT2D eigenvalue weighted by molar-refractivity contribution is 6.15. The molecular formula is C45H28N4O. The van der Waals surface area contributed by atoms with E-state index in [1.165, 1.54) is 0 Å². The molecule has 3 aromatic heterocycles. The van der Waals surface area contributed by atoms with Gasteiger partial charge < -0.3 is 8.98 Å². The minimum atomic E-state index is -0.832. The van der Waals surface area contributed by atoms with Gasteiger partial charge in [0.1, 0.15) is 11.2 Å². The molecular weight excluding hydrogens is 613 g/mol. The van der Waals surface area contributed by atoms with E-state index in [0.717, 1.165) is 4.57 Å². The van der Waals surface area contributed by atoms with Crippen LogP contribution in [-0.2, 0) is 0 Å². The second kappa shape index (κ2) is 11.4. The van der Waals surface area contributed by atoms with E-state index < -0.39 is 148 Å². The minimum absolute atomic E-state index is 0.110. The lowest BCUT2D eigenvalue weighted by Gasteiger charge is -2.13. The Morgan fingerprint density at radius 2 is 1.12 bits per heavy atom. The van der Waals surface area contributed by atoms with Crippen molar-refractivity contribution in [2.75, 3.05) is 0 Å². The highest BCUT2D eigenvalue weighted by Crippen LogP contribution is 2.41. The van der Waals surface area contributed by atoms with E-state index in [1.54, 1.807) is 60.7 Å². The van der Waals surface area contributed by atoms with E-state index in [0.29, 0.717) is 11.1 Å². The van der Waals surface area contributed by atoms with Crippen molar-refractivity contribution in [3.8, 4) is 51.0 Å². The fourth-order valence-electron chi connectivity index (χ4n) is 5.99. The lowest BCUT2D eigenvalue weighted by Crippen LogP contribution is -2.02. The summed E-state index contributed by atoms with van der Waals surface area (Å²) in [6.07, 6.45) is 0. The number of hydrogen-bond acceptors (Lipinski definition) is 4. The van der Waals surface area contributed by atoms with Crippen molar-refractivity contribution in [1.82, 2.24) is 19.5 Å². The third-order valence-corrected chi connectivity index (χ3v) is 8.17. The number of furan rings is 1. The van der Waals surface area contributed by atoms with Crippen LogP contribution < -0.4 is 0 Å². The SMILES string of the molecule is [2H]c1c([2H])c([2H])c(-c2c([2H])c([2H])c([2H])c3oc4c([2H])c(-n5c6c([2H])c([2H])c([2H])c([2H])c6c6c([2H])c([2H])c([2H])c(-c7nc(-c8ccccc8)nc(-c8ccccc8)n7)c65)c([2H])c([2H])c4c23)c([2H])c1[2H]. The number of aromatic nitrogens is 4. The van der Waals surface area contributed by atoms with Crippen LogP contribution in [-0.4, -0.2) is 19.5 Å². The second-order valence-corrected chi connectivity index (χ2v) is 11.1. The summed E-state index contributed by atoms with van der Waals surface area (Å²) in [6, 6.07) is 4.03. The maximum Gasteiger partial charge on any atom is 0.166 e. The van der Waals surface area contributed by atoms with Crippen molar-refractivity contribution in [2.24, 2.45) is 0 Å². The highest BCUT2D eigenvalue weighted by atomic mass is 16.3. The van der Waals surface area contributed by atoms with Gasteiger partial charge in [-0.3, -0.25) is 0 Å². The molecule has 0 saturated heterocycles. The van der Waals surface area contributed by atoms with Crippen molar-refractivity contribution in [3.63, 3.8) is 0 Å². The number of benzene rings is 7. The zero-order chi connectivity index (χ0) is 48.7. The standard InChI is InChI=1S/C45H28N4O/c1-4-14-29(15-5-1)33-21-13-25-39-41(33)36-27-26-32(28-40(36)50-39)49-38-24-11-10-20-34(38)35-22-12-23-37(42(35)49)45-47-43(30-16-6-2-7-17-30)46-44(48-45)31-18-8-3-9-19-31/h1-28H/i1D,4D,5D,10D,11D,12D,13D,14D,15D,20D,21D,22D,23D,24D,25D,26D,27D,28D. The number of para-hydroxylation sites is 2. The van der Waals surface area contributed by atoms with Crippen LogP contribution in [0.2, 0.25) is 0 Å². The van der Waals surface area contributed by atoms with Crippen LogP contribution in [0.25, 0.3) is 94.7 Å². The molecule has 10 rings (SSSR count). The maximum absolute atomic E-state index is 9.81. The fraction of sp³-hybridized carbons (Fsp3) is 0. The molecule has 0 bridgehead atoms. The number of fused-ring (bicyclic) bond motifs is 6. The van der Waals surface area contributed by atoms with Gasteiger partial charge in [-0.25, -0.2) is 15.0 Å². The Morgan fingerprint density at radius 3 is 1.88 bits per heavy atom. The zero-order valence-corrected chi connectivity index (χ0v) is 25.5. The molecule has 5 nitrogen and oxygen atoms in total. The Hall–Kier alpha value is -6.85. The van der Waals surface area contributed by atoms with Gasteiger partial charge in [0.2, 0.25) is 0 Å². The molecule has 5 heteroatoms. The maximum atomic E-state index is 9.81. The third kappa shape index (κ3) is 4.52. The monoisotopic (exact) mass is 658 g/mol. The Morgan fingerprint density at radius 1 is 0.480 bits per heavy atom. The number of nitrogens with zero attached hydrogens (tertiary/aromatic N) is 4. The smallest absolute Gasteiger partial charge is 0.166 e. The summed E-state index contributed by atoms with van der Waals surface area (Å²) >= 11 is 0. The summed E-state index contributed by atoms with van der Waals surface area (Å²) in [7, 11) is 0. The summed E-state index contributed by atoms with van der Waals surface area (Å²) in [4.78, 5) is 14.2. The molecule has 7 aromatic carbocycles. The molecule has 0 aliphatic heterocycles. The summed E-state index contributed by atoms with van der Waals surface area (Å²) < 4.78 is 169. The number of rotatable bonds is 5. The first-order valence-electron chi connectivity index (χ1n) is 24.2. The molecule has 3 heterocycles. The van der Waals surface area contributed by atoms with E-state index in [9.17, 15) is 8.22 Å². The Bertz CT molecular complexity index is 3810. The van der Waals surface area contributed by atoms with Crippen LogP contribution in [0.15, 0.2) is 174 Å². The molecule has 0 unspecified atom stereocenters. The molecule has 0 atom stereocenters. The Kier molecular flexibility index (Phi) is 3.55. The quantitative estimate of drug-likeness (QED) is 0.185. The first kappa shape index (κ1) is 15.6. The van der Waals surface area contributed by atoms with Crippen LogP contribution >= 0.6 is 0 Å². The van der Waals surface area contributed by atoms with E-state index in [1.807, 2.05) is 0 Å². The molecule has 0 aliphatic rings. The Balaban J connectivity index is 1.43. The number of hydrogen-bond donors (Lipinski definition) is 0. The zero-order valence-electron chi connectivity index (χ0n) is 43.5. The first-order valence-corrected chi connectivity index (χ1v) is 15.2. The topological polar surface area (TPSA) is 56.7 Å². The van der Waals surface area contributed by atoms with Crippen LogP contribution in [0.4, 0.5) is 0 Å². The summed E-state index contributed by atoms with van der Waals surface area (Å²) in [5.41, 5.74) is -2.78. The van der Waals surface area contributed by atoms with E-state index in [-0.39, 0.29) is 44.7 Å². The van der Waals surface area contributed by atoms with Gasteiger partial charge in [-0.15, -0.1) is 0 Å². The van der Waals surface area contributed by atoms with E-state index in [2.05, 4.69) is 0 Å². The van der Waals surface area contributed by atoms with Gasteiger partial charge in [-0.1, -0.05) is 133 Å². The molecule has 0 radical (unpaired) electrons. The largest absolute Gasteiger partial charge is 0.456 e. The van der Waals surface area contributed by atoms with Gasteiger partial charge in [0.25, 0.3) is 0 Å². The third-order valence-electron chi connectivity index (χ3n) is 8.17. The van der Waals surface area contributed by atoms with Crippen LogP contribution in [0, 0.1) is 0 Å². The van der Waals surface area contributed by atoms with E-state index >= 15 is 0 Å². The van der Waals surface area contributed by atoms with Gasteiger partial charge in [-0.2, -0.15) is 0 Å². The summed E-state index contributed by atoms with van der Waals surface area (Å²) in [6.45, 7) is 0. The minimum Gasteiger partial charge on any atom is -0.456 e. The molecule has 0 amide bonds. The molecule has 0 saturated carbocycles. The first-order chi connectivity index (χ1) is 32.3. The van der Waals surface area contributed by atoms with Gasteiger partial charge in [0.15, 0.2) is 17.5 Å². The molecule has 0 aliphatic carbocycles. The average molecular weight is 659 g/mol. The van der Waals surface area contributed by atoms with Crippen molar-refractivity contribution >= 4 is 43.7 Å². The average Bonchev–Trinajstić information content (AvgIpc) is 3.91. The molecule has 0 spiro atoms. The van der Waals surface area contributed by atoms with Crippen LogP contribution in [0.5, 0.6) is 0 Å². The van der Waals surface area contributed by atoms with Gasteiger partial charge >= 0.3 is 0 Å². The molecule has 234 valence electrons. The molecule has 10 aromatic rings. The Labute approximate surface area is 313 Å². The van der Waals surface area contributed by atoms with Crippen molar-refractivity contribution in [3.05, 3.63) is 169 Å². The van der Waals surface area contributed by atoms with Gasteiger partial charge in [-0.05, 0) is 41.3 Å². The normalized spacial score (nSPS) is 16.6. The van der Waals surface area contributed by atoms with Crippen molar-refractivity contribution in [1.29, 1.82) is 0 Å². The van der Waals surface area contributed by atoms with Gasteiger partial charge in [0.05, 0.1) is 35.7 Å². The molecule has 0 fully saturated rings. The van der Waals surface area contributed by atoms with Crippen molar-refractivity contribution < 1.29 is 29.1 Å². The fourth-order valence-corrected chi connectivity index (χ4v) is 5.99. The molecule has 0 N–H and O–H groups in total.